The van der Waals surface area contributed by atoms with Gasteiger partial charge in [-0.15, -0.1) is 0 Å². The van der Waals surface area contributed by atoms with Gasteiger partial charge in [0, 0.05) is 19.0 Å². The molecule has 2 nitrogen and oxygen atoms in total. The fraction of sp³-hybridized carbons (Fsp3) is 0.500. The molecule has 0 saturated carbocycles. The van der Waals surface area contributed by atoms with Gasteiger partial charge in [0.05, 0.1) is 5.56 Å². The maximum Gasteiger partial charge on any atom is 0.416 e. The maximum atomic E-state index is 12.9. The minimum atomic E-state index is -4.37. The second-order valence-electron chi connectivity index (χ2n) is 4.81. The predicted molar refractivity (Wildman–Crippen MR) is 65.3 cm³/mol. The van der Waals surface area contributed by atoms with Crippen LogP contribution in [0, 0.1) is 5.92 Å². The van der Waals surface area contributed by atoms with Crippen LogP contribution in [0.4, 0.5) is 13.2 Å². The van der Waals surface area contributed by atoms with E-state index in [4.69, 9.17) is 0 Å². The van der Waals surface area contributed by atoms with Gasteiger partial charge in [0.1, 0.15) is 0 Å². The second kappa shape index (κ2) is 5.23. The van der Waals surface area contributed by atoms with E-state index in [-0.39, 0.29) is 23.9 Å². The predicted octanol–water partition coefficient (Wildman–Crippen LogP) is 3.46. The Balaban J connectivity index is 2.19. The van der Waals surface area contributed by atoms with Gasteiger partial charge >= 0.3 is 6.18 Å². The number of carbonyl (C=O) groups excluding carboxylic acids is 1. The molecule has 0 N–H and O–H groups in total. The summed E-state index contributed by atoms with van der Waals surface area (Å²) in [4.78, 5) is 13.5. The fourth-order valence-corrected chi connectivity index (χ4v) is 2.48. The molecular weight excluding hydrogens is 255 g/mol. The third-order valence-corrected chi connectivity index (χ3v) is 3.59. The summed E-state index contributed by atoms with van der Waals surface area (Å²) < 4.78 is 38.6. The Kier molecular flexibility index (Phi) is 3.83. The lowest BCUT2D eigenvalue weighted by Gasteiger charge is -2.19. The van der Waals surface area contributed by atoms with Gasteiger partial charge < -0.3 is 4.90 Å². The van der Waals surface area contributed by atoms with E-state index in [1.54, 1.807) is 6.07 Å². The molecule has 1 aromatic rings. The van der Waals surface area contributed by atoms with Crippen molar-refractivity contribution in [1.29, 1.82) is 0 Å². The summed E-state index contributed by atoms with van der Waals surface area (Å²) in [5.41, 5.74) is -0.483. The van der Waals surface area contributed by atoms with Crippen molar-refractivity contribution in [3.05, 3.63) is 35.4 Å². The monoisotopic (exact) mass is 271 g/mol. The van der Waals surface area contributed by atoms with Crippen LogP contribution in [-0.4, -0.2) is 17.4 Å². The summed E-state index contributed by atoms with van der Waals surface area (Å²) in [5, 5.41) is 0. The summed E-state index contributed by atoms with van der Waals surface area (Å²) in [7, 11) is 0. The highest BCUT2D eigenvalue weighted by Crippen LogP contribution is 2.33. The first-order chi connectivity index (χ1) is 8.93. The quantitative estimate of drug-likeness (QED) is 0.824. The Bertz CT molecular complexity index is 470. The van der Waals surface area contributed by atoms with E-state index in [0.29, 0.717) is 6.54 Å². The summed E-state index contributed by atoms with van der Waals surface area (Å²) in [6.45, 7) is 2.52. The van der Waals surface area contributed by atoms with Crippen molar-refractivity contribution in [1.82, 2.24) is 4.90 Å². The van der Waals surface area contributed by atoms with E-state index >= 15 is 0 Å². The van der Waals surface area contributed by atoms with Crippen LogP contribution >= 0.6 is 0 Å². The minimum Gasteiger partial charge on any atom is -0.338 e. The molecule has 104 valence electrons. The molecule has 0 aliphatic carbocycles. The molecule has 19 heavy (non-hydrogen) atoms. The van der Waals surface area contributed by atoms with Crippen molar-refractivity contribution >= 4 is 5.91 Å². The first kappa shape index (κ1) is 13.9. The molecule has 1 unspecified atom stereocenters. The van der Waals surface area contributed by atoms with Gasteiger partial charge in [0.25, 0.3) is 0 Å². The largest absolute Gasteiger partial charge is 0.416 e. The van der Waals surface area contributed by atoms with Crippen LogP contribution in [0.5, 0.6) is 0 Å². The molecule has 1 aromatic carbocycles. The molecule has 1 aliphatic heterocycles. The lowest BCUT2D eigenvalue weighted by Crippen LogP contribution is -2.28. The molecule has 1 aliphatic rings. The van der Waals surface area contributed by atoms with Crippen molar-refractivity contribution in [2.75, 3.05) is 6.54 Å². The van der Waals surface area contributed by atoms with Crippen LogP contribution in [0.3, 0.4) is 0 Å². The Hall–Kier alpha value is -1.52. The first-order valence-electron chi connectivity index (χ1n) is 6.37. The zero-order chi connectivity index (χ0) is 14.0. The normalized spacial score (nSPS) is 20.1. The van der Waals surface area contributed by atoms with Crippen molar-refractivity contribution in [3.63, 3.8) is 0 Å². The fourth-order valence-electron chi connectivity index (χ4n) is 2.48. The van der Waals surface area contributed by atoms with Gasteiger partial charge in [-0.3, -0.25) is 4.79 Å². The number of hydrogen-bond donors (Lipinski definition) is 0. The average Bonchev–Trinajstić information content (AvgIpc) is 2.70. The SMILES string of the molecule is CCC1CCN(Cc2ccccc2C(F)(F)F)C1=O. The van der Waals surface area contributed by atoms with E-state index in [9.17, 15) is 18.0 Å². The zero-order valence-corrected chi connectivity index (χ0v) is 10.7. The number of carbonyl (C=O) groups is 1. The van der Waals surface area contributed by atoms with Crippen molar-refractivity contribution < 1.29 is 18.0 Å². The Morgan fingerprint density at radius 1 is 1.32 bits per heavy atom. The van der Waals surface area contributed by atoms with Gasteiger partial charge in [0.15, 0.2) is 0 Å². The molecule has 2 rings (SSSR count). The number of hydrogen-bond acceptors (Lipinski definition) is 1. The summed E-state index contributed by atoms with van der Waals surface area (Å²) >= 11 is 0. The number of likely N-dealkylation sites (tertiary alicyclic amines) is 1. The van der Waals surface area contributed by atoms with Crippen LogP contribution in [0.1, 0.15) is 30.9 Å². The lowest BCUT2D eigenvalue weighted by molar-refractivity contribution is -0.139. The van der Waals surface area contributed by atoms with Crippen LogP contribution in [-0.2, 0) is 17.5 Å². The minimum absolute atomic E-state index is 0.0283. The number of nitrogens with zero attached hydrogens (tertiary/aromatic N) is 1. The van der Waals surface area contributed by atoms with Gasteiger partial charge in [-0.05, 0) is 24.5 Å². The van der Waals surface area contributed by atoms with E-state index < -0.39 is 11.7 Å². The molecule has 1 fully saturated rings. The number of rotatable bonds is 3. The van der Waals surface area contributed by atoms with Crippen LogP contribution in [0.2, 0.25) is 0 Å². The van der Waals surface area contributed by atoms with Crippen molar-refractivity contribution in [2.24, 2.45) is 5.92 Å². The average molecular weight is 271 g/mol. The molecule has 1 amide bonds. The number of amides is 1. The Morgan fingerprint density at radius 2 is 2.00 bits per heavy atom. The van der Waals surface area contributed by atoms with Crippen LogP contribution in [0.15, 0.2) is 24.3 Å². The molecule has 1 saturated heterocycles. The molecular formula is C14H16F3NO. The smallest absolute Gasteiger partial charge is 0.338 e. The van der Waals surface area contributed by atoms with Gasteiger partial charge in [0.2, 0.25) is 5.91 Å². The zero-order valence-electron chi connectivity index (χ0n) is 10.7. The molecule has 0 spiro atoms. The van der Waals surface area contributed by atoms with Gasteiger partial charge in [-0.25, -0.2) is 0 Å². The van der Waals surface area contributed by atoms with Crippen molar-refractivity contribution in [3.8, 4) is 0 Å². The first-order valence-corrected chi connectivity index (χ1v) is 6.37. The van der Waals surface area contributed by atoms with E-state index in [1.807, 2.05) is 6.92 Å². The second-order valence-corrected chi connectivity index (χ2v) is 4.81. The van der Waals surface area contributed by atoms with Gasteiger partial charge in [-0.1, -0.05) is 25.1 Å². The standard InChI is InChI=1S/C14H16F3NO/c1-2-10-7-8-18(13(10)19)9-11-5-3-4-6-12(11)14(15,16)17/h3-6,10H,2,7-9H2,1H3. The molecule has 1 heterocycles. The molecule has 1 atom stereocenters. The highest BCUT2D eigenvalue weighted by Gasteiger charge is 2.35. The molecule has 0 bridgehead atoms. The topological polar surface area (TPSA) is 20.3 Å². The third-order valence-electron chi connectivity index (χ3n) is 3.59. The van der Waals surface area contributed by atoms with Crippen LogP contribution in [0.25, 0.3) is 0 Å². The Labute approximate surface area is 110 Å². The molecule has 0 radical (unpaired) electrons. The summed E-state index contributed by atoms with van der Waals surface area (Å²) in [6.07, 6.45) is -2.89. The lowest BCUT2D eigenvalue weighted by atomic mass is 10.1. The Morgan fingerprint density at radius 3 is 2.58 bits per heavy atom. The number of halogens is 3. The third kappa shape index (κ3) is 2.91. The summed E-state index contributed by atoms with van der Waals surface area (Å²) in [5.74, 6) is -0.0578. The van der Waals surface area contributed by atoms with E-state index in [2.05, 4.69) is 0 Å². The molecule has 0 aromatic heterocycles. The van der Waals surface area contributed by atoms with E-state index in [1.165, 1.54) is 17.0 Å². The highest BCUT2D eigenvalue weighted by molar-refractivity contribution is 5.80. The number of alkyl halides is 3. The van der Waals surface area contributed by atoms with E-state index in [0.717, 1.165) is 18.9 Å². The number of benzene rings is 1. The molecule has 5 heteroatoms. The maximum absolute atomic E-state index is 12.9. The van der Waals surface area contributed by atoms with Crippen LogP contribution < -0.4 is 0 Å². The van der Waals surface area contributed by atoms with Crippen molar-refractivity contribution in [2.45, 2.75) is 32.5 Å². The van der Waals surface area contributed by atoms with Gasteiger partial charge in [-0.2, -0.15) is 13.2 Å². The summed E-state index contributed by atoms with van der Waals surface area (Å²) in [6, 6.07) is 5.44. The highest BCUT2D eigenvalue weighted by atomic mass is 19.4.